The predicted molar refractivity (Wildman–Crippen MR) is 144 cm³/mol. The lowest BCUT2D eigenvalue weighted by molar-refractivity contribution is -0.135. The molecule has 2 aromatic rings. The number of carbonyl (C=O) groups excluding carboxylic acids is 2. The first-order chi connectivity index (χ1) is 18.2. The number of ether oxygens (including phenoxy) is 1. The van der Waals surface area contributed by atoms with E-state index in [4.69, 9.17) is 16.3 Å². The van der Waals surface area contributed by atoms with E-state index >= 15 is 0 Å². The molecule has 0 spiro atoms. The number of aliphatic hydroxyl groups is 1. The average molecular weight is 565 g/mol. The third-order valence-electron chi connectivity index (χ3n) is 7.27. The first-order valence-electron chi connectivity index (χ1n) is 13.1. The number of hydrogen-bond donors (Lipinski definition) is 3. The first-order valence-corrected chi connectivity index (χ1v) is 13.5. The predicted octanol–water partition coefficient (Wildman–Crippen LogP) is 4.43. The lowest BCUT2D eigenvalue weighted by Crippen LogP contribution is -2.55. The molecule has 2 amide bonds. The number of carbonyl (C=O) groups is 2. The maximum atomic E-state index is 13.3. The molecular weight excluding hydrogens is 530 g/mol. The number of piperidine rings is 1. The van der Waals surface area contributed by atoms with Gasteiger partial charge in [0.15, 0.2) is 5.60 Å². The molecule has 212 valence electrons. The van der Waals surface area contributed by atoms with E-state index in [-0.39, 0.29) is 29.6 Å². The lowest BCUT2D eigenvalue weighted by atomic mass is 9.95. The fourth-order valence-electron chi connectivity index (χ4n) is 5.36. The maximum Gasteiger partial charge on any atom is 0.263 e. The van der Waals surface area contributed by atoms with Gasteiger partial charge >= 0.3 is 0 Å². The molecule has 3 atom stereocenters. The van der Waals surface area contributed by atoms with Gasteiger partial charge in [0.2, 0.25) is 0 Å². The highest BCUT2D eigenvalue weighted by molar-refractivity contribution is 6.30. The fraction of sp³-hybridized carbons (Fsp3) is 0.536. The molecule has 2 saturated heterocycles. The number of alkyl halides is 2. The van der Waals surface area contributed by atoms with Crippen LogP contribution < -0.4 is 20.3 Å². The zero-order chi connectivity index (χ0) is 28.5. The monoisotopic (exact) mass is 564 g/mol. The van der Waals surface area contributed by atoms with Gasteiger partial charge < -0.3 is 25.4 Å². The molecule has 2 aliphatic rings. The highest BCUT2D eigenvalue weighted by atomic mass is 35.5. The van der Waals surface area contributed by atoms with Crippen LogP contribution in [0.1, 0.15) is 69.3 Å². The number of anilines is 1. The van der Waals surface area contributed by atoms with E-state index in [2.05, 4.69) is 20.5 Å². The number of nitrogens with one attached hydrogen (secondary N) is 2. The van der Waals surface area contributed by atoms with Crippen LogP contribution in [0.4, 0.5) is 14.6 Å². The number of aromatic nitrogens is 1. The fourth-order valence-corrected chi connectivity index (χ4v) is 5.54. The van der Waals surface area contributed by atoms with Crippen LogP contribution in [0.15, 0.2) is 36.5 Å². The van der Waals surface area contributed by atoms with Gasteiger partial charge in [0.25, 0.3) is 18.2 Å². The van der Waals surface area contributed by atoms with E-state index < -0.39 is 30.1 Å². The molecule has 0 saturated carbocycles. The highest BCUT2D eigenvalue weighted by Gasteiger charge is 2.43. The quantitative estimate of drug-likeness (QED) is 0.416. The molecule has 1 aromatic carbocycles. The minimum absolute atomic E-state index is 0.0486. The Morgan fingerprint density at radius 3 is 2.38 bits per heavy atom. The van der Waals surface area contributed by atoms with Crippen LogP contribution >= 0.6 is 11.6 Å². The summed E-state index contributed by atoms with van der Waals surface area (Å²) in [5.41, 5.74) is -1.69. The molecule has 4 rings (SSSR count). The van der Waals surface area contributed by atoms with E-state index in [0.717, 1.165) is 31.5 Å². The standard InChI is InChI=1S/C28H35ClF2N4O4/c1-27(2,38)21-11-17(29)6-9-22(21)39-28(3,4)26(37)34-18-12-19-7-8-20(13-18)35(19)24-10-5-16(14-32-24)25(36)33-15-23(30)31/h5-6,9-11,14,18-20,23,38H,7-8,12-13,15H2,1-4H3,(H,33,36)(H,34,37)/t18?,19-,20+. The van der Waals surface area contributed by atoms with E-state index in [9.17, 15) is 23.5 Å². The molecule has 39 heavy (non-hydrogen) atoms. The summed E-state index contributed by atoms with van der Waals surface area (Å²) in [5.74, 6) is 0.272. The molecular formula is C28H35ClF2N4O4. The van der Waals surface area contributed by atoms with E-state index in [1.54, 1.807) is 58.0 Å². The Bertz CT molecular complexity index is 1190. The number of rotatable bonds is 9. The molecule has 2 bridgehead atoms. The summed E-state index contributed by atoms with van der Waals surface area (Å²) < 4.78 is 30.9. The van der Waals surface area contributed by atoms with Crippen LogP contribution in [0, 0.1) is 0 Å². The molecule has 3 N–H and O–H groups in total. The minimum atomic E-state index is -2.61. The zero-order valence-electron chi connectivity index (χ0n) is 22.5. The number of pyridine rings is 1. The summed E-state index contributed by atoms with van der Waals surface area (Å²) in [4.78, 5) is 32.0. The molecule has 2 aliphatic heterocycles. The first kappa shape index (κ1) is 29.0. The molecule has 0 aliphatic carbocycles. The molecule has 11 heteroatoms. The van der Waals surface area contributed by atoms with Crippen molar-refractivity contribution in [3.05, 3.63) is 52.7 Å². The van der Waals surface area contributed by atoms with Crippen LogP contribution in [0.3, 0.4) is 0 Å². The Labute approximate surface area is 232 Å². The summed E-state index contributed by atoms with van der Waals surface area (Å²) in [7, 11) is 0. The van der Waals surface area contributed by atoms with Crippen molar-refractivity contribution in [2.75, 3.05) is 11.4 Å². The van der Waals surface area contributed by atoms with Crippen molar-refractivity contribution in [2.24, 2.45) is 0 Å². The van der Waals surface area contributed by atoms with Gasteiger partial charge in [0.05, 0.1) is 17.7 Å². The van der Waals surface area contributed by atoms with Crippen molar-refractivity contribution < 1.29 is 28.2 Å². The summed E-state index contributed by atoms with van der Waals surface area (Å²) in [5, 5.41) is 16.4. The van der Waals surface area contributed by atoms with Crippen molar-refractivity contribution in [2.45, 2.75) is 89.1 Å². The zero-order valence-corrected chi connectivity index (χ0v) is 23.3. The number of fused-ring (bicyclic) bond motifs is 2. The Kier molecular flexibility index (Phi) is 8.37. The van der Waals surface area contributed by atoms with Crippen LogP contribution in [0.5, 0.6) is 5.75 Å². The third-order valence-corrected chi connectivity index (χ3v) is 7.51. The van der Waals surface area contributed by atoms with E-state index in [0.29, 0.717) is 16.3 Å². The van der Waals surface area contributed by atoms with Crippen LogP contribution in [-0.2, 0) is 10.4 Å². The van der Waals surface area contributed by atoms with Crippen LogP contribution in [-0.4, -0.2) is 58.6 Å². The Morgan fingerprint density at radius 2 is 1.82 bits per heavy atom. The average Bonchev–Trinajstić information content (AvgIpc) is 3.12. The van der Waals surface area contributed by atoms with E-state index in [1.807, 2.05) is 0 Å². The van der Waals surface area contributed by atoms with E-state index in [1.165, 1.54) is 6.20 Å². The Morgan fingerprint density at radius 1 is 1.15 bits per heavy atom. The van der Waals surface area contributed by atoms with Gasteiger partial charge in [0.1, 0.15) is 11.6 Å². The second-order valence-corrected chi connectivity index (χ2v) is 11.7. The topological polar surface area (TPSA) is 104 Å². The number of nitrogens with zero attached hydrogens (tertiary/aromatic N) is 2. The number of halogens is 3. The summed E-state index contributed by atoms with van der Waals surface area (Å²) >= 11 is 6.12. The Hall–Kier alpha value is -2.98. The van der Waals surface area contributed by atoms with Crippen LogP contribution in [0.2, 0.25) is 5.02 Å². The highest BCUT2D eigenvalue weighted by Crippen LogP contribution is 2.39. The largest absolute Gasteiger partial charge is 0.478 e. The smallest absolute Gasteiger partial charge is 0.263 e. The molecule has 1 aromatic heterocycles. The molecule has 0 radical (unpaired) electrons. The molecule has 2 fully saturated rings. The third kappa shape index (κ3) is 6.78. The SMILES string of the molecule is CC(C)(Oc1ccc(Cl)cc1C(C)(C)O)C(=O)NC1C[C@H]2CC[C@@H](C1)N2c1ccc(C(=O)NCC(F)F)cn1. The second kappa shape index (κ2) is 11.3. The normalized spacial score (nSPS) is 21.2. The van der Waals surface area contributed by atoms with Crippen molar-refractivity contribution in [1.82, 2.24) is 15.6 Å². The lowest BCUT2D eigenvalue weighted by Gasteiger charge is -2.41. The Balaban J connectivity index is 1.38. The van der Waals surface area contributed by atoms with Crippen LogP contribution in [0.25, 0.3) is 0 Å². The van der Waals surface area contributed by atoms with Gasteiger partial charge in [-0.15, -0.1) is 0 Å². The summed E-state index contributed by atoms with van der Waals surface area (Å²) in [6.07, 6.45) is 2.16. The summed E-state index contributed by atoms with van der Waals surface area (Å²) in [6, 6.07) is 8.57. The number of benzene rings is 1. The number of amides is 2. The van der Waals surface area contributed by atoms with Crippen molar-refractivity contribution >= 4 is 29.2 Å². The van der Waals surface area contributed by atoms with Gasteiger partial charge in [-0.05, 0) is 83.7 Å². The van der Waals surface area contributed by atoms with Gasteiger partial charge in [-0.1, -0.05) is 11.6 Å². The van der Waals surface area contributed by atoms with Gasteiger partial charge in [0, 0.05) is 34.9 Å². The molecule has 3 heterocycles. The molecule has 8 nitrogen and oxygen atoms in total. The summed E-state index contributed by atoms with van der Waals surface area (Å²) in [6.45, 7) is 5.95. The van der Waals surface area contributed by atoms with Gasteiger partial charge in [-0.3, -0.25) is 9.59 Å². The van der Waals surface area contributed by atoms with Gasteiger partial charge in [-0.2, -0.15) is 0 Å². The van der Waals surface area contributed by atoms with Crippen molar-refractivity contribution in [3.8, 4) is 5.75 Å². The maximum absolute atomic E-state index is 13.3. The van der Waals surface area contributed by atoms with Crippen molar-refractivity contribution in [3.63, 3.8) is 0 Å². The second-order valence-electron chi connectivity index (χ2n) is 11.3. The molecule has 1 unspecified atom stereocenters. The van der Waals surface area contributed by atoms with Gasteiger partial charge in [-0.25, -0.2) is 13.8 Å². The van der Waals surface area contributed by atoms with Crippen molar-refractivity contribution in [1.29, 1.82) is 0 Å². The minimum Gasteiger partial charge on any atom is -0.478 e. The number of hydrogen-bond acceptors (Lipinski definition) is 6.